The Morgan fingerprint density at radius 3 is 2.25 bits per heavy atom. The van der Waals surface area contributed by atoms with E-state index in [1.165, 1.54) is 26.2 Å². The number of rotatable bonds is 1. The van der Waals surface area contributed by atoms with E-state index in [0.29, 0.717) is 23.7 Å². The van der Waals surface area contributed by atoms with Crippen molar-refractivity contribution < 1.29 is 19.7 Å². The summed E-state index contributed by atoms with van der Waals surface area (Å²) in [6.45, 7) is 18.4. The van der Waals surface area contributed by atoms with Crippen LogP contribution in [0.5, 0.6) is 0 Å². The summed E-state index contributed by atoms with van der Waals surface area (Å²) in [7, 11) is 0. The van der Waals surface area contributed by atoms with Crippen LogP contribution in [0.1, 0.15) is 113 Å². The van der Waals surface area contributed by atoms with Gasteiger partial charge in [-0.2, -0.15) is 0 Å². The molecule has 0 aliphatic heterocycles. The fraction of sp³-hybridized carbons (Fsp3) is 0.969. The zero-order chi connectivity index (χ0) is 26.3. The number of aliphatic hydroxyl groups excluding tert-OH is 2. The van der Waals surface area contributed by atoms with Crippen molar-refractivity contribution in [3.05, 3.63) is 0 Å². The average Bonchev–Trinajstić information content (AvgIpc) is 3.48. The first-order valence-electron chi connectivity index (χ1n) is 15.2. The Kier molecular flexibility index (Phi) is 5.21. The molecule has 0 saturated heterocycles. The third kappa shape index (κ3) is 2.68. The molecular formula is C32H52O4. The van der Waals surface area contributed by atoms with Gasteiger partial charge < -0.3 is 14.9 Å². The molecule has 0 amide bonds. The molecule has 4 heteroatoms. The normalized spacial score (nSPS) is 60.9. The molecule has 0 radical (unpaired) electrons. The standard InChI is InChI=1S/C32H52O4/c1-18-9-12-28(6)16-24(35)32-17-31(32,26(28)19(18)2)14-10-21-29(7)13-11-25(36-20(3)33)27(4,5)22(29)15-23(34)30(21,32)8/h18-19,21-26,34-35H,9-17H2,1-8H3/t18-,19+,21-,22+,23-,24+,25+,26-,28-,29-,30+,31-,32+/m1/s1. The molecule has 4 nitrogen and oxygen atoms in total. The van der Waals surface area contributed by atoms with Crippen LogP contribution in [0, 0.1) is 62.1 Å². The lowest BCUT2D eigenvalue weighted by Gasteiger charge is -2.71. The number of aliphatic hydroxyl groups is 2. The van der Waals surface area contributed by atoms with Crippen LogP contribution in [0.25, 0.3) is 0 Å². The van der Waals surface area contributed by atoms with Crippen molar-refractivity contribution in [3.63, 3.8) is 0 Å². The maximum Gasteiger partial charge on any atom is 0.302 e. The van der Waals surface area contributed by atoms with Crippen LogP contribution in [0.2, 0.25) is 0 Å². The number of hydrogen-bond donors (Lipinski definition) is 2. The van der Waals surface area contributed by atoms with Crippen molar-refractivity contribution in [2.45, 2.75) is 131 Å². The fourth-order valence-electron chi connectivity index (χ4n) is 13.3. The largest absolute Gasteiger partial charge is 0.462 e. The van der Waals surface area contributed by atoms with Crippen molar-refractivity contribution in [2.24, 2.45) is 62.1 Å². The number of ether oxygens (including phenoxy) is 1. The number of hydrogen-bond acceptors (Lipinski definition) is 4. The van der Waals surface area contributed by atoms with Gasteiger partial charge in [0.25, 0.3) is 0 Å². The van der Waals surface area contributed by atoms with E-state index in [1.807, 2.05) is 0 Å². The van der Waals surface area contributed by atoms with E-state index in [4.69, 9.17) is 4.74 Å². The monoisotopic (exact) mass is 500 g/mol. The molecule has 6 rings (SSSR count). The topological polar surface area (TPSA) is 66.8 Å². The summed E-state index contributed by atoms with van der Waals surface area (Å²) >= 11 is 0. The zero-order valence-electron chi connectivity index (χ0n) is 24.2. The van der Waals surface area contributed by atoms with Crippen molar-refractivity contribution in [3.8, 4) is 0 Å². The second kappa shape index (κ2) is 7.32. The predicted molar refractivity (Wildman–Crippen MR) is 141 cm³/mol. The second-order valence-corrected chi connectivity index (χ2v) is 16.2. The molecule has 6 saturated carbocycles. The minimum atomic E-state index is -0.423. The minimum absolute atomic E-state index is 0.0862. The van der Waals surface area contributed by atoms with Crippen LogP contribution >= 0.6 is 0 Å². The number of carbonyl (C=O) groups excluding carboxylic acids is 1. The Balaban J connectivity index is 1.42. The Morgan fingerprint density at radius 1 is 0.889 bits per heavy atom. The van der Waals surface area contributed by atoms with Crippen LogP contribution in [-0.2, 0) is 9.53 Å². The van der Waals surface area contributed by atoms with Gasteiger partial charge in [-0.1, -0.05) is 48.5 Å². The van der Waals surface area contributed by atoms with Crippen LogP contribution in [0.3, 0.4) is 0 Å². The van der Waals surface area contributed by atoms with Crippen LogP contribution in [0.15, 0.2) is 0 Å². The summed E-state index contributed by atoms with van der Waals surface area (Å²) in [5.74, 6) is 2.58. The number of esters is 1. The van der Waals surface area contributed by atoms with Gasteiger partial charge >= 0.3 is 5.97 Å². The highest BCUT2D eigenvalue weighted by Gasteiger charge is 2.88. The van der Waals surface area contributed by atoms with Crippen molar-refractivity contribution in [1.82, 2.24) is 0 Å². The molecule has 0 aromatic rings. The molecule has 0 heterocycles. The van der Waals surface area contributed by atoms with Gasteiger partial charge in [-0.05, 0) is 104 Å². The van der Waals surface area contributed by atoms with E-state index in [2.05, 4.69) is 48.5 Å². The summed E-state index contributed by atoms with van der Waals surface area (Å²) in [6.07, 6.45) is 8.80. The van der Waals surface area contributed by atoms with E-state index in [9.17, 15) is 15.0 Å². The lowest BCUT2D eigenvalue weighted by molar-refractivity contribution is -0.280. The average molecular weight is 501 g/mol. The van der Waals surface area contributed by atoms with Gasteiger partial charge in [0.15, 0.2) is 0 Å². The summed E-state index contributed by atoms with van der Waals surface area (Å²) < 4.78 is 5.86. The summed E-state index contributed by atoms with van der Waals surface area (Å²) in [4.78, 5) is 11.9. The highest BCUT2D eigenvalue weighted by atomic mass is 16.5. The molecule has 0 aromatic carbocycles. The van der Waals surface area contributed by atoms with Gasteiger partial charge in [0.2, 0.25) is 0 Å². The minimum Gasteiger partial charge on any atom is -0.462 e. The molecule has 0 spiro atoms. The molecule has 0 bridgehead atoms. The highest BCUT2D eigenvalue weighted by Crippen LogP contribution is 2.91. The first-order chi connectivity index (χ1) is 16.6. The zero-order valence-corrected chi connectivity index (χ0v) is 24.2. The molecule has 6 aliphatic carbocycles. The lowest BCUT2D eigenvalue weighted by Crippen LogP contribution is -2.70. The van der Waals surface area contributed by atoms with Crippen molar-refractivity contribution >= 4 is 5.97 Å². The van der Waals surface area contributed by atoms with Crippen molar-refractivity contribution in [1.29, 1.82) is 0 Å². The van der Waals surface area contributed by atoms with Gasteiger partial charge in [0, 0.05) is 23.2 Å². The second-order valence-electron chi connectivity index (χ2n) is 16.2. The third-order valence-corrected chi connectivity index (χ3v) is 14.8. The summed E-state index contributed by atoms with van der Waals surface area (Å²) in [5.41, 5.74) is -0.0832. The first-order valence-corrected chi connectivity index (χ1v) is 15.2. The van der Waals surface area contributed by atoms with E-state index < -0.39 is 6.10 Å². The van der Waals surface area contributed by atoms with Gasteiger partial charge in [-0.3, -0.25) is 4.79 Å². The Bertz CT molecular complexity index is 960. The van der Waals surface area contributed by atoms with Crippen LogP contribution < -0.4 is 0 Å². The molecule has 0 aromatic heterocycles. The lowest BCUT2D eigenvalue weighted by atomic mass is 9.34. The molecule has 204 valence electrons. The maximum atomic E-state index is 12.2. The van der Waals surface area contributed by atoms with E-state index in [0.717, 1.165) is 44.4 Å². The van der Waals surface area contributed by atoms with Gasteiger partial charge in [-0.15, -0.1) is 0 Å². The molecule has 6 fully saturated rings. The SMILES string of the molecule is CC(=O)O[C@H]1CC[C@]2(C)[C@H]3CC[C@]45C[C@]4([C@@H](O)C[C@@]4(C)CC[C@@H](C)[C@H](C)[C@H]45)[C@]3(C)[C@H](O)C[C@H]2C1(C)C. The Hall–Kier alpha value is -0.610. The van der Waals surface area contributed by atoms with E-state index in [-0.39, 0.29) is 50.7 Å². The number of fused-ring (bicyclic) bond motifs is 4. The van der Waals surface area contributed by atoms with Crippen LogP contribution in [0.4, 0.5) is 0 Å². The third-order valence-electron chi connectivity index (χ3n) is 14.8. The smallest absolute Gasteiger partial charge is 0.302 e. The summed E-state index contributed by atoms with van der Waals surface area (Å²) in [6, 6.07) is 0. The number of carbonyl (C=O) groups is 1. The Labute approximate surface area is 219 Å². The molecular weight excluding hydrogens is 448 g/mol. The van der Waals surface area contributed by atoms with Crippen LogP contribution in [-0.4, -0.2) is 34.5 Å². The van der Waals surface area contributed by atoms with Gasteiger partial charge in [-0.25, -0.2) is 0 Å². The van der Waals surface area contributed by atoms with Gasteiger partial charge in [0.1, 0.15) is 6.10 Å². The van der Waals surface area contributed by atoms with Crippen molar-refractivity contribution in [2.75, 3.05) is 0 Å². The fourth-order valence-corrected chi connectivity index (χ4v) is 13.3. The Morgan fingerprint density at radius 2 is 1.58 bits per heavy atom. The molecule has 0 unspecified atom stereocenters. The maximum absolute atomic E-state index is 12.2. The van der Waals surface area contributed by atoms with E-state index >= 15 is 0 Å². The molecule has 13 atom stereocenters. The first kappa shape index (κ1) is 25.7. The molecule has 2 N–H and O–H groups in total. The quantitative estimate of drug-likeness (QED) is 0.411. The molecule has 6 aliphatic rings. The molecule has 36 heavy (non-hydrogen) atoms. The van der Waals surface area contributed by atoms with Gasteiger partial charge in [0.05, 0.1) is 12.2 Å². The van der Waals surface area contributed by atoms with E-state index in [1.54, 1.807) is 0 Å². The summed E-state index contributed by atoms with van der Waals surface area (Å²) in [5, 5.41) is 24.4. The highest BCUT2D eigenvalue weighted by molar-refractivity contribution is 5.66. The predicted octanol–water partition coefficient (Wildman–Crippen LogP) is 6.37.